The molecule has 1 aliphatic rings. The zero-order chi connectivity index (χ0) is 25.7. The maximum atomic E-state index is 13.3. The van der Waals surface area contributed by atoms with Crippen LogP contribution in [0.3, 0.4) is 0 Å². The molecule has 0 spiro atoms. The van der Waals surface area contributed by atoms with Crippen molar-refractivity contribution in [2.45, 2.75) is 44.4 Å². The fraction of sp³-hybridized carbons (Fsp3) is 0.435. The molecule has 1 fully saturated rings. The molecule has 0 atom stereocenters. The van der Waals surface area contributed by atoms with Crippen molar-refractivity contribution in [1.29, 1.82) is 0 Å². The Bertz CT molecular complexity index is 1280. The first-order valence-electron chi connectivity index (χ1n) is 11.3. The lowest BCUT2D eigenvalue weighted by Crippen LogP contribution is -2.33. The van der Waals surface area contributed by atoms with Gasteiger partial charge in [0.1, 0.15) is 12.1 Å². The molecule has 0 bridgehead atoms. The number of nitrogens with one attached hydrogen (secondary N) is 1. The van der Waals surface area contributed by atoms with E-state index in [-0.39, 0.29) is 25.0 Å². The van der Waals surface area contributed by atoms with Crippen LogP contribution in [0.5, 0.6) is 5.88 Å². The van der Waals surface area contributed by atoms with Crippen LogP contribution in [0.1, 0.15) is 25.7 Å². The number of anilines is 1. The number of methoxy groups -OCH3 is 1. The van der Waals surface area contributed by atoms with Gasteiger partial charge >= 0.3 is 6.18 Å². The van der Waals surface area contributed by atoms with E-state index >= 15 is 0 Å². The number of rotatable bonds is 8. The maximum absolute atomic E-state index is 13.3. The minimum Gasteiger partial charge on any atom is -0.481 e. The van der Waals surface area contributed by atoms with Crippen LogP contribution in [-0.4, -0.2) is 63.0 Å². The molecule has 36 heavy (non-hydrogen) atoms. The monoisotopic (exact) mass is 506 g/mol. The van der Waals surface area contributed by atoms with Crippen LogP contribution in [0.2, 0.25) is 0 Å². The van der Waals surface area contributed by atoms with Crippen molar-refractivity contribution < 1.29 is 27.9 Å². The molecule has 0 unspecified atom stereocenters. The van der Waals surface area contributed by atoms with Crippen molar-refractivity contribution in [3.05, 3.63) is 40.9 Å². The quantitative estimate of drug-likeness (QED) is 0.270. The van der Waals surface area contributed by atoms with Crippen LogP contribution >= 0.6 is 0 Å². The number of hydrogen-bond acceptors (Lipinski definition) is 9. The normalized spacial score (nSPS) is 16.2. The van der Waals surface area contributed by atoms with E-state index in [2.05, 4.69) is 25.4 Å². The van der Waals surface area contributed by atoms with Gasteiger partial charge in [-0.3, -0.25) is 9.78 Å². The molecule has 0 aliphatic heterocycles. The number of aromatic nitrogens is 4. The molecule has 3 heterocycles. The molecule has 2 N–H and O–H groups in total. The van der Waals surface area contributed by atoms with Gasteiger partial charge < -0.3 is 24.6 Å². The number of alkyl halides is 3. The van der Waals surface area contributed by atoms with Gasteiger partial charge in [-0.1, -0.05) is 5.16 Å². The Hall–Kier alpha value is -3.74. The highest BCUT2D eigenvalue weighted by Crippen LogP contribution is 2.24. The van der Waals surface area contributed by atoms with Crippen LogP contribution in [-0.2, 0) is 11.3 Å². The average molecular weight is 506 g/mol. The summed E-state index contributed by atoms with van der Waals surface area (Å²) in [7, 11) is 1.50. The summed E-state index contributed by atoms with van der Waals surface area (Å²) in [6, 6.07) is 5.00. The van der Waals surface area contributed by atoms with E-state index in [1.54, 1.807) is 24.4 Å². The molecule has 1 aliphatic carbocycles. The SMILES string of the molecule is COc1ccc(-c2cc3c(cn2)nc(NC2CCC(=NO)CC2)c(=O)n3CCOCC(F)(F)F)cn1. The summed E-state index contributed by atoms with van der Waals surface area (Å²) in [5.74, 6) is 0.504. The lowest BCUT2D eigenvalue weighted by molar-refractivity contribution is -0.174. The predicted molar refractivity (Wildman–Crippen MR) is 126 cm³/mol. The Labute approximate surface area is 203 Å². The third-order valence-electron chi connectivity index (χ3n) is 5.84. The van der Waals surface area contributed by atoms with E-state index in [0.717, 1.165) is 0 Å². The fourth-order valence-electron chi connectivity index (χ4n) is 4.00. The van der Waals surface area contributed by atoms with Gasteiger partial charge in [-0.15, -0.1) is 0 Å². The Morgan fingerprint density at radius 2 is 2.00 bits per heavy atom. The Balaban J connectivity index is 1.67. The van der Waals surface area contributed by atoms with Gasteiger partial charge in [-0.05, 0) is 37.8 Å². The molecule has 4 rings (SSSR count). The zero-order valence-electron chi connectivity index (χ0n) is 19.5. The number of hydrogen-bond donors (Lipinski definition) is 2. The van der Waals surface area contributed by atoms with E-state index < -0.39 is 18.3 Å². The van der Waals surface area contributed by atoms with E-state index in [1.807, 2.05) is 0 Å². The lowest BCUT2D eigenvalue weighted by atomic mass is 9.94. The standard InChI is InChI=1S/C23H25F3N6O4/c1-35-20-7-2-14(11-28-20)17-10-19-18(12-27-17)30-21(29-15-3-5-16(31-34)6-4-15)22(33)32(19)8-9-36-13-23(24,25)26/h2,7,10-12,15,34H,3-6,8-9,13H2,1H3,(H,29,30). The van der Waals surface area contributed by atoms with E-state index in [1.165, 1.54) is 17.9 Å². The molecule has 0 saturated heterocycles. The Morgan fingerprint density at radius 1 is 1.22 bits per heavy atom. The summed E-state index contributed by atoms with van der Waals surface area (Å²) in [5.41, 5.74) is 2.18. The number of pyridine rings is 2. The van der Waals surface area contributed by atoms with E-state index in [4.69, 9.17) is 14.7 Å². The summed E-state index contributed by atoms with van der Waals surface area (Å²) in [6.07, 6.45) is 1.07. The first-order valence-corrected chi connectivity index (χ1v) is 11.3. The van der Waals surface area contributed by atoms with Gasteiger partial charge in [0.25, 0.3) is 5.56 Å². The molecule has 0 aromatic carbocycles. The van der Waals surface area contributed by atoms with Crippen LogP contribution < -0.4 is 15.6 Å². The summed E-state index contributed by atoms with van der Waals surface area (Å²) >= 11 is 0. The summed E-state index contributed by atoms with van der Waals surface area (Å²) in [4.78, 5) is 26.4. The second kappa shape index (κ2) is 10.9. The highest BCUT2D eigenvalue weighted by Gasteiger charge is 2.27. The molecule has 0 amide bonds. The molecule has 3 aromatic rings. The van der Waals surface area contributed by atoms with Crippen molar-refractivity contribution in [3.8, 4) is 17.1 Å². The van der Waals surface area contributed by atoms with Crippen LogP contribution in [0.25, 0.3) is 22.3 Å². The zero-order valence-corrected chi connectivity index (χ0v) is 19.5. The van der Waals surface area contributed by atoms with Crippen LogP contribution in [0, 0.1) is 0 Å². The molecular formula is C23H25F3N6O4. The first kappa shape index (κ1) is 25.4. The Morgan fingerprint density at radius 3 is 2.64 bits per heavy atom. The molecule has 1 saturated carbocycles. The molecule has 10 nitrogen and oxygen atoms in total. The third-order valence-corrected chi connectivity index (χ3v) is 5.84. The summed E-state index contributed by atoms with van der Waals surface area (Å²) in [6.45, 7) is -1.84. The Kier molecular flexibility index (Phi) is 7.67. The minimum atomic E-state index is -4.46. The highest BCUT2D eigenvalue weighted by molar-refractivity contribution is 5.85. The van der Waals surface area contributed by atoms with Crippen molar-refractivity contribution in [2.24, 2.45) is 5.16 Å². The highest BCUT2D eigenvalue weighted by atomic mass is 19.4. The first-order chi connectivity index (χ1) is 17.3. The van der Waals surface area contributed by atoms with Gasteiger partial charge in [0, 0.05) is 30.4 Å². The average Bonchev–Trinajstić information content (AvgIpc) is 2.88. The van der Waals surface area contributed by atoms with Crippen molar-refractivity contribution >= 4 is 22.6 Å². The van der Waals surface area contributed by atoms with Crippen molar-refractivity contribution in [2.75, 3.05) is 25.6 Å². The molecule has 13 heteroatoms. The van der Waals surface area contributed by atoms with Gasteiger partial charge in [-0.25, -0.2) is 9.97 Å². The van der Waals surface area contributed by atoms with Gasteiger partial charge in [0.15, 0.2) is 5.82 Å². The second-order valence-electron chi connectivity index (χ2n) is 8.32. The third kappa shape index (κ3) is 6.08. The predicted octanol–water partition coefficient (Wildman–Crippen LogP) is 3.63. The van der Waals surface area contributed by atoms with Crippen LogP contribution in [0.4, 0.5) is 19.0 Å². The minimum absolute atomic E-state index is 0.0688. The summed E-state index contributed by atoms with van der Waals surface area (Å²) in [5, 5.41) is 15.4. The van der Waals surface area contributed by atoms with Crippen molar-refractivity contribution in [3.63, 3.8) is 0 Å². The molecular weight excluding hydrogens is 481 g/mol. The van der Waals surface area contributed by atoms with Crippen molar-refractivity contribution in [1.82, 2.24) is 19.5 Å². The number of halogens is 3. The number of ether oxygens (including phenoxy) is 2. The molecule has 192 valence electrons. The maximum Gasteiger partial charge on any atom is 0.411 e. The smallest absolute Gasteiger partial charge is 0.411 e. The van der Waals surface area contributed by atoms with Gasteiger partial charge in [0.05, 0.1) is 36.8 Å². The van der Waals surface area contributed by atoms with E-state index in [0.29, 0.717) is 59.6 Å². The molecule has 3 aromatic heterocycles. The summed E-state index contributed by atoms with van der Waals surface area (Å²) < 4.78 is 48.7. The van der Waals surface area contributed by atoms with Gasteiger partial charge in [-0.2, -0.15) is 13.2 Å². The van der Waals surface area contributed by atoms with E-state index in [9.17, 15) is 18.0 Å². The number of nitrogens with zero attached hydrogens (tertiary/aromatic N) is 5. The molecule has 0 radical (unpaired) electrons. The lowest BCUT2D eigenvalue weighted by Gasteiger charge is -2.24. The van der Waals surface area contributed by atoms with Crippen LogP contribution in [0.15, 0.2) is 40.5 Å². The fourth-order valence-corrected chi connectivity index (χ4v) is 4.00. The number of fused-ring (bicyclic) bond motifs is 1. The second-order valence-corrected chi connectivity index (χ2v) is 8.32. The number of oxime groups is 1. The topological polar surface area (TPSA) is 124 Å². The van der Waals surface area contributed by atoms with Gasteiger partial charge in [0.2, 0.25) is 5.88 Å². The largest absolute Gasteiger partial charge is 0.481 e.